The number of aryl methyl sites for hydroxylation is 1. The van der Waals surface area contributed by atoms with Crippen LogP contribution < -0.4 is 0 Å². The van der Waals surface area contributed by atoms with Crippen molar-refractivity contribution >= 4 is 40.3 Å². The molecule has 0 radical (unpaired) electrons. The highest BCUT2D eigenvalue weighted by atomic mass is 32.2. The molecule has 3 heterocycles. The van der Waals surface area contributed by atoms with Crippen LogP contribution in [0.25, 0.3) is 5.65 Å². The normalized spacial score (nSPS) is 15.5. The van der Waals surface area contributed by atoms with E-state index in [4.69, 9.17) is 0 Å². The summed E-state index contributed by atoms with van der Waals surface area (Å²) in [6.07, 6.45) is 8.14. The fourth-order valence-electron chi connectivity index (χ4n) is 3.38. The Labute approximate surface area is 188 Å². The molecule has 0 atom stereocenters. The van der Waals surface area contributed by atoms with E-state index in [0.717, 1.165) is 41.0 Å². The van der Waals surface area contributed by atoms with E-state index < -0.39 is 0 Å². The van der Waals surface area contributed by atoms with E-state index in [2.05, 4.69) is 11.1 Å². The molecule has 4 rings (SSSR count). The molecule has 160 valence electrons. The molecule has 0 aliphatic carbocycles. The van der Waals surface area contributed by atoms with Crippen LogP contribution in [0.2, 0.25) is 0 Å². The molecule has 1 aliphatic rings. The summed E-state index contributed by atoms with van der Waals surface area (Å²) in [6.45, 7) is 0.422. The number of unbranched alkanes of at least 4 members (excludes halogenated alkanes) is 1. The summed E-state index contributed by atoms with van der Waals surface area (Å²) in [5.74, 6) is 0.414. The average Bonchev–Trinajstić information content (AvgIpc) is 3.35. The number of carbonyl (C=O) groups is 2. The third kappa shape index (κ3) is 5.19. The van der Waals surface area contributed by atoms with Gasteiger partial charge in [0.05, 0.1) is 9.93 Å². The SMILES string of the molecule is O=C1SC(=CCCc2ccccc2F)C(=O)N1CCCCSc1cccc2nccn12. The first kappa shape index (κ1) is 21.6. The number of thioether (sulfide) groups is 2. The zero-order valence-corrected chi connectivity index (χ0v) is 18.5. The largest absolute Gasteiger partial charge is 0.294 e. The fourth-order valence-corrected chi connectivity index (χ4v) is 5.28. The molecule has 1 saturated heterocycles. The third-order valence-corrected chi connectivity index (χ3v) is 7.07. The van der Waals surface area contributed by atoms with Crippen LogP contribution in [0.5, 0.6) is 0 Å². The van der Waals surface area contributed by atoms with Crippen molar-refractivity contribution in [1.29, 1.82) is 0 Å². The monoisotopic (exact) mass is 455 g/mol. The lowest BCUT2D eigenvalue weighted by Crippen LogP contribution is -2.29. The first-order chi connectivity index (χ1) is 15.1. The van der Waals surface area contributed by atoms with E-state index in [1.807, 2.05) is 22.7 Å². The van der Waals surface area contributed by atoms with Crippen LogP contribution in [0.4, 0.5) is 9.18 Å². The summed E-state index contributed by atoms with van der Waals surface area (Å²) in [5.41, 5.74) is 1.53. The number of nitrogens with zero attached hydrogens (tertiary/aromatic N) is 3. The molecule has 0 unspecified atom stereocenters. The summed E-state index contributed by atoms with van der Waals surface area (Å²) in [6, 6.07) is 12.6. The second-order valence-electron chi connectivity index (χ2n) is 7.10. The molecule has 3 aromatic rings. The Morgan fingerprint density at radius 2 is 1.97 bits per heavy atom. The Bertz CT molecular complexity index is 1130. The van der Waals surface area contributed by atoms with E-state index in [0.29, 0.717) is 29.9 Å². The molecule has 0 bridgehead atoms. The van der Waals surface area contributed by atoms with Crippen molar-refractivity contribution in [2.45, 2.75) is 30.7 Å². The first-order valence-electron chi connectivity index (χ1n) is 10.2. The summed E-state index contributed by atoms with van der Waals surface area (Å²) in [7, 11) is 0. The van der Waals surface area contributed by atoms with Crippen LogP contribution in [0.3, 0.4) is 0 Å². The van der Waals surface area contributed by atoms with E-state index in [9.17, 15) is 14.0 Å². The Morgan fingerprint density at radius 1 is 1.10 bits per heavy atom. The van der Waals surface area contributed by atoms with E-state index >= 15 is 0 Å². The Balaban J connectivity index is 1.23. The first-order valence-corrected chi connectivity index (χ1v) is 12.0. The van der Waals surface area contributed by atoms with Gasteiger partial charge in [-0.1, -0.05) is 30.3 Å². The molecule has 0 saturated carbocycles. The predicted molar refractivity (Wildman–Crippen MR) is 123 cm³/mol. The molecule has 2 amide bonds. The second kappa shape index (κ2) is 10.2. The van der Waals surface area contributed by atoms with Gasteiger partial charge in [-0.05, 0) is 67.0 Å². The molecular weight excluding hydrogens is 433 g/mol. The highest BCUT2D eigenvalue weighted by molar-refractivity contribution is 8.18. The van der Waals surface area contributed by atoms with Crippen LogP contribution in [0.1, 0.15) is 24.8 Å². The molecule has 1 fully saturated rings. The summed E-state index contributed by atoms with van der Waals surface area (Å²) in [5, 5.41) is 0.900. The highest BCUT2D eigenvalue weighted by Gasteiger charge is 2.34. The third-order valence-electron chi connectivity index (χ3n) is 4.99. The van der Waals surface area contributed by atoms with Crippen molar-refractivity contribution in [2.24, 2.45) is 0 Å². The standard InChI is InChI=1S/C23H22FN3O2S2/c24-18-9-2-1-7-17(18)8-5-10-19-22(28)27(23(29)31-19)14-3-4-16-30-21-12-6-11-20-25-13-15-26(20)21/h1-2,6-7,9-13,15H,3-5,8,14,16H2. The van der Waals surface area contributed by atoms with Crippen LogP contribution in [0, 0.1) is 5.82 Å². The van der Waals surface area contributed by atoms with Crippen molar-refractivity contribution in [2.75, 3.05) is 12.3 Å². The lowest BCUT2D eigenvalue weighted by atomic mass is 10.1. The topological polar surface area (TPSA) is 54.7 Å². The molecule has 8 heteroatoms. The number of aromatic nitrogens is 2. The lowest BCUT2D eigenvalue weighted by Gasteiger charge is -2.12. The summed E-state index contributed by atoms with van der Waals surface area (Å²) < 4.78 is 15.7. The quantitative estimate of drug-likeness (QED) is 0.240. The van der Waals surface area contributed by atoms with Crippen molar-refractivity contribution in [1.82, 2.24) is 14.3 Å². The van der Waals surface area contributed by atoms with Gasteiger partial charge in [0, 0.05) is 18.9 Å². The number of halogens is 1. The Morgan fingerprint density at radius 3 is 2.84 bits per heavy atom. The number of hydrogen-bond acceptors (Lipinski definition) is 5. The molecule has 1 aliphatic heterocycles. The van der Waals surface area contributed by atoms with Gasteiger partial charge in [-0.25, -0.2) is 9.37 Å². The number of carbonyl (C=O) groups excluding carboxylic acids is 2. The highest BCUT2D eigenvalue weighted by Crippen LogP contribution is 2.31. The zero-order chi connectivity index (χ0) is 21.6. The maximum Gasteiger partial charge on any atom is 0.293 e. The van der Waals surface area contributed by atoms with E-state index in [1.165, 1.54) is 11.0 Å². The number of fused-ring (bicyclic) bond motifs is 1. The van der Waals surface area contributed by atoms with Crippen molar-refractivity contribution < 1.29 is 14.0 Å². The average molecular weight is 456 g/mol. The number of amides is 2. The predicted octanol–water partition coefficient (Wildman–Crippen LogP) is 5.56. The summed E-state index contributed by atoms with van der Waals surface area (Å²) >= 11 is 2.71. The van der Waals surface area contributed by atoms with E-state index in [1.54, 1.807) is 42.2 Å². The van der Waals surface area contributed by atoms with Gasteiger partial charge in [-0.3, -0.25) is 18.9 Å². The van der Waals surface area contributed by atoms with Gasteiger partial charge in [0.25, 0.3) is 11.1 Å². The zero-order valence-electron chi connectivity index (χ0n) is 16.9. The smallest absolute Gasteiger partial charge is 0.293 e. The number of imidazole rings is 1. The van der Waals surface area contributed by atoms with Crippen LogP contribution >= 0.6 is 23.5 Å². The molecule has 5 nitrogen and oxygen atoms in total. The van der Waals surface area contributed by atoms with Crippen LogP contribution in [-0.4, -0.2) is 37.7 Å². The fraction of sp³-hybridized carbons (Fsp3) is 0.261. The van der Waals surface area contributed by atoms with Gasteiger partial charge in [0.1, 0.15) is 11.5 Å². The minimum absolute atomic E-state index is 0.224. The van der Waals surface area contributed by atoms with Crippen LogP contribution in [0.15, 0.2) is 70.9 Å². The lowest BCUT2D eigenvalue weighted by molar-refractivity contribution is -0.122. The minimum atomic E-state index is -0.244. The van der Waals surface area contributed by atoms with Gasteiger partial charge >= 0.3 is 0 Å². The molecular formula is C23H22FN3O2S2. The number of hydrogen-bond donors (Lipinski definition) is 0. The van der Waals surface area contributed by atoms with Gasteiger partial charge < -0.3 is 0 Å². The van der Waals surface area contributed by atoms with Gasteiger partial charge in [0.15, 0.2) is 0 Å². The maximum absolute atomic E-state index is 13.7. The number of allylic oxidation sites excluding steroid dienone is 1. The molecule has 0 N–H and O–H groups in total. The maximum atomic E-state index is 13.7. The molecule has 2 aromatic heterocycles. The number of imide groups is 1. The van der Waals surface area contributed by atoms with Crippen LogP contribution in [-0.2, 0) is 11.2 Å². The van der Waals surface area contributed by atoms with Gasteiger partial charge in [-0.15, -0.1) is 11.8 Å². The van der Waals surface area contributed by atoms with Crippen molar-refractivity contribution in [3.05, 3.63) is 77.2 Å². The molecule has 31 heavy (non-hydrogen) atoms. The number of benzene rings is 1. The minimum Gasteiger partial charge on any atom is -0.294 e. The Kier molecular flexibility index (Phi) is 7.09. The second-order valence-corrected chi connectivity index (χ2v) is 9.21. The van der Waals surface area contributed by atoms with Crippen molar-refractivity contribution in [3.63, 3.8) is 0 Å². The number of pyridine rings is 1. The Hall–Kier alpha value is -2.58. The number of rotatable bonds is 9. The van der Waals surface area contributed by atoms with Crippen molar-refractivity contribution in [3.8, 4) is 0 Å². The van der Waals surface area contributed by atoms with Gasteiger partial charge in [0.2, 0.25) is 0 Å². The van der Waals surface area contributed by atoms with E-state index in [-0.39, 0.29) is 17.0 Å². The molecule has 1 aromatic carbocycles. The molecule has 0 spiro atoms. The summed E-state index contributed by atoms with van der Waals surface area (Å²) in [4.78, 5) is 30.8. The van der Waals surface area contributed by atoms with Gasteiger partial charge in [-0.2, -0.15) is 0 Å².